The van der Waals surface area contributed by atoms with E-state index in [1.165, 1.54) is 13.2 Å². The fourth-order valence-corrected chi connectivity index (χ4v) is 2.48. The van der Waals surface area contributed by atoms with E-state index in [0.29, 0.717) is 24.2 Å². The van der Waals surface area contributed by atoms with Gasteiger partial charge in [-0.2, -0.15) is 0 Å². The lowest BCUT2D eigenvalue weighted by Crippen LogP contribution is -2.28. The fraction of sp³-hybridized carbons (Fsp3) is 0.500. The molecule has 120 valence electrons. The van der Waals surface area contributed by atoms with Gasteiger partial charge in [0.1, 0.15) is 0 Å². The number of unbranched alkanes of at least 4 members (excludes halogenated alkanes) is 2. The van der Waals surface area contributed by atoms with Gasteiger partial charge in [-0.25, -0.2) is 4.79 Å². The highest BCUT2D eigenvalue weighted by Crippen LogP contribution is 2.38. The normalized spacial score (nSPS) is 16.7. The summed E-state index contributed by atoms with van der Waals surface area (Å²) in [5, 5.41) is 9.55. The number of hydrogen-bond acceptors (Lipinski definition) is 6. The number of aliphatic hydroxyl groups is 1. The number of aldehydes is 1. The van der Waals surface area contributed by atoms with Gasteiger partial charge in [-0.15, -0.1) is 0 Å². The van der Waals surface area contributed by atoms with Crippen LogP contribution >= 0.6 is 0 Å². The first kappa shape index (κ1) is 16.3. The number of hydrogen-bond donors (Lipinski definition) is 1. The molecule has 0 aliphatic carbocycles. The molecule has 2 rings (SSSR count). The predicted octanol–water partition coefficient (Wildman–Crippen LogP) is 2.11. The molecule has 6 heteroatoms. The highest BCUT2D eigenvalue weighted by atomic mass is 16.6. The monoisotopic (exact) mass is 308 g/mol. The fourth-order valence-electron chi connectivity index (χ4n) is 2.48. The molecule has 0 bridgehead atoms. The molecule has 1 unspecified atom stereocenters. The van der Waals surface area contributed by atoms with Gasteiger partial charge in [0.05, 0.1) is 24.8 Å². The molecule has 1 heterocycles. The molecule has 1 atom stereocenters. The van der Waals surface area contributed by atoms with E-state index in [1.54, 1.807) is 0 Å². The van der Waals surface area contributed by atoms with Crippen LogP contribution in [0, 0.1) is 0 Å². The molecule has 0 fully saturated rings. The largest absolute Gasteiger partial charge is 0.492 e. The van der Waals surface area contributed by atoms with Crippen molar-refractivity contribution < 1.29 is 28.9 Å². The van der Waals surface area contributed by atoms with Gasteiger partial charge < -0.3 is 19.3 Å². The summed E-state index contributed by atoms with van der Waals surface area (Å²) in [4.78, 5) is 23.3. The number of benzene rings is 1. The van der Waals surface area contributed by atoms with E-state index >= 15 is 0 Å². The smallest absolute Gasteiger partial charge is 0.340 e. The zero-order valence-electron chi connectivity index (χ0n) is 12.8. The van der Waals surface area contributed by atoms with Crippen molar-refractivity contribution in [3.63, 3.8) is 0 Å². The van der Waals surface area contributed by atoms with Gasteiger partial charge in [-0.3, -0.25) is 4.79 Å². The van der Waals surface area contributed by atoms with Crippen LogP contribution in [0.1, 0.15) is 52.5 Å². The van der Waals surface area contributed by atoms with Crippen molar-refractivity contribution in [2.45, 2.75) is 38.9 Å². The number of esters is 1. The van der Waals surface area contributed by atoms with Crippen molar-refractivity contribution in [2.24, 2.45) is 0 Å². The quantitative estimate of drug-likeness (QED) is 0.472. The highest BCUT2D eigenvalue weighted by molar-refractivity contribution is 5.97. The van der Waals surface area contributed by atoms with Gasteiger partial charge in [0.25, 0.3) is 0 Å². The summed E-state index contributed by atoms with van der Waals surface area (Å²) >= 11 is 0. The van der Waals surface area contributed by atoms with E-state index in [0.717, 1.165) is 19.3 Å². The first-order valence-electron chi connectivity index (χ1n) is 7.33. The first-order chi connectivity index (χ1) is 10.6. The van der Waals surface area contributed by atoms with Gasteiger partial charge in [0.2, 0.25) is 6.29 Å². The summed E-state index contributed by atoms with van der Waals surface area (Å²) in [6.07, 6.45) is 2.39. The average Bonchev–Trinajstić information content (AvgIpc) is 2.50. The van der Waals surface area contributed by atoms with E-state index in [9.17, 15) is 14.7 Å². The second-order valence-corrected chi connectivity index (χ2v) is 5.09. The van der Waals surface area contributed by atoms with Crippen molar-refractivity contribution in [1.29, 1.82) is 0 Å². The van der Waals surface area contributed by atoms with Crippen LogP contribution in [-0.4, -0.2) is 37.4 Å². The number of aliphatic hydroxyl groups excluding tert-OH is 1. The molecule has 0 amide bonds. The van der Waals surface area contributed by atoms with Gasteiger partial charge >= 0.3 is 5.97 Å². The molecule has 0 spiro atoms. The molecule has 0 radical (unpaired) electrons. The van der Waals surface area contributed by atoms with Crippen molar-refractivity contribution in [3.8, 4) is 11.5 Å². The number of ether oxygens (including phenoxy) is 3. The topological polar surface area (TPSA) is 82.1 Å². The maximum atomic E-state index is 11.9. The molecule has 6 nitrogen and oxygen atoms in total. The molecular formula is C16H20O6. The summed E-state index contributed by atoms with van der Waals surface area (Å²) in [7, 11) is 1.44. The minimum Gasteiger partial charge on any atom is -0.492 e. The van der Waals surface area contributed by atoms with E-state index in [-0.39, 0.29) is 23.3 Å². The molecule has 1 N–H and O–H groups in total. The summed E-state index contributed by atoms with van der Waals surface area (Å²) in [5.74, 6) is -0.0437. The molecule has 0 aromatic heterocycles. The summed E-state index contributed by atoms with van der Waals surface area (Å²) < 4.78 is 15.7. The average molecular weight is 308 g/mol. The van der Waals surface area contributed by atoms with E-state index in [4.69, 9.17) is 14.2 Å². The Balaban J connectivity index is 2.40. The minimum absolute atomic E-state index is 0.0572. The Labute approximate surface area is 129 Å². The Morgan fingerprint density at radius 3 is 2.86 bits per heavy atom. The molecule has 1 aromatic carbocycles. The molecule has 0 saturated heterocycles. The van der Waals surface area contributed by atoms with Crippen molar-refractivity contribution >= 4 is 12.3 Å². The number of methoxy groups -OCH3 is 1. The third-order valence-electron chi connectivity index (χ3n) is 3.56. The van der Waals surface area contributed by atoms with Crippen LogP contribution in [0.15, 0.2) is 6.07 Å². The molecule has 22 heavy (non-hydrogen) atoms. The number of rotatable bonds is 7. The van der Waals surface area contributed by atoms with Crippen molar-refractivity contribution in [1.82, 2.24) is 0 Å². The molecule has 1 aromatic rings. The maximum Gasteiger partial charge on any atom is 0.340 e. The Hall–Kier alpha value is -2.08. The number of carbonyl (C=O) groups excluding carboxylic acids is 2. The van der Waals surface area contributed by atoms with E-state index in [2.05, 4.69) is 6.92 Å². The van der Waals surface area contributed by atoms with Gasteiger partial charge in [-0.05, 0) is 18.1 Å². The predicted molar refractivity (Wildman–Crippen MR) is 78.5 cm³/mol. The Kier molecular flexibility index (Phi) is 5.38. The van der Waals surface area contributed by atoms with E-state index < -0.39 is 12.3 Å². The molecule has 1 aliphatic heterocycles. The number of fused-ring (bicyclic) bond motifs is 1. The van der Waals surface area contributed by atoms with Crippen LogP contribution in [0.4, 0.5) is 0 Å². The second kappa shape index (κ2) is 7.26. The third kappa shape index (κ3) is 3.22. The Morgan fingerprint density at radius 1 is 1.45 bits per heavy atom. The van der Waals surface area contributed by atoms with Crippen LogP contribution < -0.4 is 9.47 Å². The van der Waals surface area contributed by atoms with Crippen molar-refractivity contribution in [2.75, 3.05) is 13.7 Å². The van der Waals surface area contributed by atoms with Gasteiger partial charge in [0.15, 0.2) is 17.8 Å². The maximum absolute atomic E-state index is 11.9. The van der Waals surface area contributed by atoms with Crippen molar-refractivity contribution in [3.05, 3.63) is 22.8 Å². The van der Waals surface area contributed by atoms with Crippen LogP contribution in [-0.2, 0) is 11.2 Å². The lowest BCUT2D eigenvalue weighted by Gasteiger charge is -2.24. The number of cyclic esters (lactones) is 1. The van der Waals surface area contributed by atoms with Crippen LogP contribution in [0.5, 0.6) is 11.5 Å². The highest BCUT2D eigenvalue weighted by Gasteiger charge is 2.31. The van der Waals surface area contributed by atoms with Gasteiger partial charge in [-0.1, -0.05) is 19.8 Å². The first-order valence-corrected chi connectivity index (χ1v) is 7.33. The SMILES string of the molecule is CCCCCOc1cc2c(c(C=O)c1OC)CC(O)OC2=O. The van der Waals surface area contributed by atoms with Crippen LogP contribution in [0.2, 0.25) is 0 Å². The zero-order valence-corrected chi connectivity index (χ0v) is 12.8. The Bertz CT molecular complexity index is 566. The molecular weight excluding hydrogens is 288 g/mol. The lowest BCUT2D eigenvalue weighted by atomic mass is 9.95. The van der Waals surface area contributed by atoms with E-state index in [1.807, 2.05) is 0 Å². The third-order valence-corrected chi connectivity index (χ3v) is 3.56. The molecule has 1 aliphatic rings. The van der Waals surface area contributed by atoms with Crippen LogP contribution in [0.25, 0.3) is 0 Å². The summed E-state index contributed by atoms with van der Waals surface area (Å²) in [5.41, 5.74) is 0.886. The Morgan fingerprint density at radius 2 is 2.23 bits per heavy atom. The summed E-state index contributed by atoms with van der Waals surface area (Å²) in [6, 6.07) is 1.52. The lowest BCUT2D eigenvalue weighted by molar-refractivity contribution is -0.0688. The minimum atomic E-state index is -1.25. The second-order valence-electron chi connectivity index (χ2n) is 5.09. The summed E-state index contributed by atoms with van der Waals surface area (Å²) in [6.45, 7) is 2.56. The zero-order chi connectivity index (χ0) is 16.1. The number of carbonyl (C=O) groups is 2. The van der Waals surface area contributed by atoms with Gasteiger partial charge in [0, 0.05) is 6.42 Å². The molecule has 0 saturated carbocycles. The van der Waals surface area contributed by atoms with Crippen LogP contribution in [0.3, 0.4) is 0 Å². The standard InChI is InChI=1S/C16H20O6/c1-3-4-5-6-21-13-7-11-10(8-14(18)22-16(11)19)12(9-17)15(13)20-2/h7,9,14,18H,3-6,8H2,1-2H3.